The van der Waals surface area contributed by atoms with Crippen LogP contribution >= 0.6 is 35.4 Å². The van der Waals surface area contributed by atoms with Gasteiger partial charge in [0.05, 0.1) is 12.7 Å². The van der Waals surface area contributed by atoms with Gasteiger partial charge in [-0.1, -0.05) is 41.5 Å². The van der Waals surface area contributed by atoms with Gasteiger partial charge < -0.3 is 15.2 Å². The number of rotatable bonds is 5. The fourth-order valence-corrected chi connectivity index (χ4v) is 2.48. The molecule has 21 heavy (non-hydrogen) atoms. The molecule has 0 aliphatic rings. The molecule has 2 aromatic carbocycles. The number of nitrogens with two attached hydrogens (primary N) is 1. The van der Waals surface area contributed by atoms with Gasteiger partial charge in [0, 0.05) is 10.0 Å². The number of benzene rings is 2. The third-order valence-corrected chi connectivity index (χ3v) is 3.43. The summed E-state index contributed by atoms with van der Waals surface area (Å²) in [7, 11) is 1.57. The lowest BCUT2D eigenvalue weighted by molar-refractivity contribution is 0.305. The van der Waals surface area contributed by atoms with E-state index in [1.807, 2.05) is 18.2 Å². The first-order valence-corrected chi connectivity index (χ1v) is 7.21. The predicted octanol–water partition coefficient (Wildman–Crippen LogP) is 4.22. The first-order valence-electron chi connectivity index (χ1n) is 6.05. The average molecular weight is 342 g/mol. The summed E-state index contributed by atoms with van der Waals surface area (Å²) in [6, 6.07) is 10.6. The third-order valence-electron chi connectivity index (χ3n) is 2.77. The molecule has 2 N–H and O–H groups in total. The van der Waals surface area contributed by atoms with Gasteiger partial charge in [0.15, 0.2) is 0 Å². The van der Waals surface area contributed by atoms with Crippen LogP contribution < -0.4 is 15.2 Å². The van der Waals surface area contributed by atoms with Crippen molar-refractivity contribution in [1.82, 2.24) is 0 Å². The molecule has 0 aromatic heterocycles. The molecule has 0 saturated carbocycles. The van der Waals surface area contributed by atoms with Gasteiger partial charge in [0.25, 0.3) is 0 Å². The minimum Gasteiger partial charge on any atom is -0.496 e. The highest BCUT2D eigenvalue weighted by Crippen LogP contribution is 2.26. The van der Waals surface area contributed by atoms with Crippen LogP contribution in [0.1, 0.15) is 11.1 Å². The summed E-state index contributed by atoms with van der Waals surface area (Å²) in [5.74, 6) is 1.22. The Labute approximate surface area is 138 Å². The van der Waals surface area contributed by atoms with E-state index in [4.69, 9.17) is 50.6 Å². The highest BCUT2D eigenvalue weighted by molar-refractivity contribution is 7.80. The van der Waals surface area contributed by atoms with Crippen molar-refractivity contribution < 1.29 is 9.47 Å². The van der Waals surface area contributed by atoms with Gasteiger partial charge in [0.2, 0.25) is 0 Å². The molecule has 0 atom stereocenters. The molecule has 2 rings (SSSR count). The zero-order valence-electron chi connectivity index (χ0n) is 11.2. The van der Waals surface area contributed by atoms with Gasteiger partial charge in [-0.3, -0.25) is 0 Å². The summed E-state index contributed by atoms with van der Waals surface area (Å²) in [5, 5.41) is 1.05. The molecule has 0 saturated heterocycles. The number of ether oxygens (including phenoxy) is 2. The molecule has 0 aliphatic heterocycles. The molecule has 6 heteroatoms. The Balaban J connectivity index is 2.14. The van der Waals surface area contributed by atoms with Crippen LogP contribution in [0.4, 0.5) is 0 Å². The second-order valence-electron chi connectivity index (χ2n) is 4.29. The lowest BCUT2D eigenvalue weighted by Crippen LogP contribution is -2.11. The van der Waals surface area contributed by atoms with Crippen LogP contribution in [0.15, 0.2) is 36.4 Å². The first-order chi connectivity index (χ1) is 9.99. The van der Waals surface area contributed by atoms with Gasteiger partial charge >= 0.3 is 0 Å². The van der Waals surface area contributed by atoms with E-state index in [1.165, 1.54) is 0 Å². The number of methoxy groups -OCH3 is 1. The van der Waals surface area contributed by atoms with Gasteiger partial charge in [-0.2, -0.15) is 0 Å². The van der Waals surface area contributed by atoms with Crippen LogP contribution in [-0.4, -0.2) is 12.1 Å². The van der Waals surface area contributed by atoms with Crippen molar-refractivity contribution in [3.8, 4) is 11.5 Å². The van der Waals surface area contributed by atoms with Crippen molar-refractivity contribution in [1.29, 1.82) is 0 Å². The Kier molecular flexibility index (Phi) is 5.28. The molecule has 2 aromatic rings. The summed E-state index contributed by atoms with van der Waals surface area (Å²) in [6.45, 7) is 0.352. The SMILES string of the molecule is COc1cc(COc2cc(Cl)cc(Cl)c2)ccc1C(N)=S. The highest BCUT2D eigenvalue weighted by atomic mass is 35.5. The topological polar surface area (TPSA) is 44.5 Å². The van der Waals surface area contributed by atoms with Crippen molar-refractivity contribution in [2.75, 3.05) is 7.11 Å². The van der Waals surface area contributed by atoms with E-state index >= 15 is 0 Å². The quantitative estimate of drug-likeness (QED) is 0.827. The monoisotopic (exact) mass is 341 g/mol. The van der Waals surface area contributed by atoms with Gasteiger partial charge in [-0.05, 0) is 35.9 Å². The minimum atomic E-state index is 0.293. The number of halogens is 2. The maximum Gasteiger partial charge on any atom is 0.129 e. The molecule has 0 aliphatic carbocycles. The molecular formula is C15H13Cl2NO2S. The van der Waals surface area contributed by atoms with Gasteiger partial charge in [0.1, 0.15) is 23.1 Å². The maximum absolute atomic E-state index is 5.92. The smallest absolute Gasteiger partial charge is 0.129 e. The molecule has 110 valence electrons. The zero-order valence-corrected chi connectivity index (χ0v) is 13.6. The molecule has 3 nitrogen and oxygen atoms in total. The fourth-order valence-electron chi connectivity index (χ4n) is 1.81. The van der Waals surface area contributed by atoms with Crippen molar-refractivity contribution in [2.24, 2.45) is 5.73 Å². The number of thiocarbonyl (C=S) groups is 1. The molecule has 0 heterocycles. The largest absolute Gasteiger partial charge is 0.496 e. The predicted molar refractivity (Wildman–Crippen MR) is 89.7 cm³/mol. The molecular weight excluding hydrogens is 329 g/mol. The lowest BCUT2D eigenvalue weighted by atomic mass is 10.1. The van der Waals surface area contributed by atoms with E-state index in [0.717, 1.165) is 5.56 Å². The Hall–Kier alpha value is -1.49. The standard InChI is InChI=1S/C15H13Cl2NO2S/c1-19-14-4-9(2-3-13(14)15(18)21)8-20-12-6-10(16)5-11(17)7-12/h2-7H,8H2,1H3,(H2,18,21). The van der Waals surface area contributed by atoms with Gasteiger partial charge in [-0.25, -0.2) is 0 Å². The molecule has 0 radical (unpaired) electrons. The second kappa shape index (κ2) is 6.98. The van der Waals surface area contributed by atoms with Crippen LogP contribution in [-0.2, 0) is 6.61 Å². The van der Waals surface area contributed by atoms with E-state index in [0.29, 0.717) is 38.7 Å². The average Bonchev–Trinajstić information content (AvgIpc) is 2.43. The van der Waals surface area contributed by atoms with E-state index in [2.05, 4.69) is 0 Å². The van der Waals surface area contributed by atoms with Gasteiger partial charge in [-0.15, -0.1) is 0 Å². The normalized spacial score (nSPS) is 10.2. The number of hydrogen-bond donors (Lipinski definition) is 1. The molecule has 0 fully saturated rings. The summed E-state index contributed by atoms with van der Waals surface area (Å²) in [6.07, 6.45) is 0. The summed E-state index contributed by atoms with van der Waals surface area (Å²) < 4.78 is 10.9. The molecule has 0 unspecified atom stereocenters. The van der Waals surface area contributed by atoms with Crippen LogP contribution in [0, 0.1) is 0 Å². The summed E-state index contributed by atoms with van der Waals surface area (Å²) >= 11 is 16.8. The van der Waals surface area contributed by atoms with Crippen molar-refractivity contribution in [3.05, 3.63) is 57.6 Å². The van der Waals surface area contributed by atoms with Crippen molar-refractivity contribution >= 4 is 40.4 Å². The van der Waals surface area contributed by atoms with Crippen LogP contribution in [0.2, 0.25) is 10.0 Å². The molecule has 0 spiro atoms. The zero-order chi connectivity index (χ0) is 15.4. The fraction of sp³-hybridized carbons (Fsp3) is 0.133. The molecule has 0 amide bonds. The Morgan fingerprint density at radius 2 is 1.81 bits per heavy atom. The summed E-state index contributed by atoms with van der Waals surface area (Å²) in [5.41, 5.74) is 7.25. The van der Waals surface area contributed by atoms with Crippen LogP contribution in [0.25, 0.3) is 0 Å². The lowest BCUT2D eigenvalue weighted by Gasteiger charge is -2.11. The van der Waals surface area contributed by atoms with Crippen molar-refractivity contribution in [2.45, 2.75) is 6.61 Å². The van der Waals surface area contributed by atoms with Crippen LogP contribution in [0.5, 0.6) is 11.5 Å². The Morgan fingerprint density at radius 3 is 2.38 bits per heavy atom. The Bertz CT molecular complexity index is 656. The number of hydrogen-bond acceptors (Lipinski definition) is 3. The van der Waals surface area contributed by atoms with E-state index in [9.17, 15) is 0 Å². The highest BCUT2D eigenvalue weighted by Gasteiger charge is 2.07. The van der Waals surface area contributed by atoms with Crippen molar-refractivity contribution in [3.63, 3.8) is 0 Å². The maximum atomic E-state index is 5.92. The Morgan fingerprint density at radius 1 is 1.14 bits per heavy atom. The van der Waals surface area contributed by atoms with E-state index < -0.39 is 0 Å². The third kappa shape index (κ3) is 4.24. The minimum absolute atomic E-state index is 0.293. The first kappa shape index (κ1) is 15.9. The van der Waals surface area contributed by atoms with E-state index in [-0.39, 0.29) is 0 Å². The molecule has 0 bridgehead atoms. The summed E-state index contributed by atoms with van der Waals surface area (Å²) in [4.78, 5) is 0.293. The second-order valence-corrected chi connectivity index (χ2v) is 5.61. The van der Waals surface area contributed by atoms with E-state index in [1.54, 1.807) is 25.3 Å². The van der Waals surface area contributed by atoms with Crippen LogP contribution in [0.3, 0.4) is 0 Å².